The number of aromatic nitrogens is 2. The van der Waals surface area contributed by atoms with Crippen LogP contribution in [0.25, 0.3) is 11.6 Å². The molecule has 0 aromatic carbocycles. The maximum Gasteiger partial charge on any atom is 0.187 e. The number of nitrogens with two attached hydrogens (primary N) is 1. The van der Waals surface area contributed by atoms with Gasteiger partial charge in [0, 0.05) is 56.5 Å². The highest BCUT2D eigenvalue weighted by Crippen LogP contribution is 2.30. The molecular formula is C26H36N6OS. The number of allylic oxidation sites excluding steroid dienone is 3. The van der Waals surface area contributed by atoms with Crippen LogP contribution in [0.2, 0.25) is 0 Å². The third-order valence-electron chi connectivity index (χ3n) is 5.76. The molecule has 2 aromatic rings. The first-order valence-corrected chi connectivity index (χ1v) is 12.5. The molecule has 3 heterocycles. The first-order chi connectivity index (χ1) is 16.5. The Balaban J connectivity index is 1.71. The number of nitrogens with zero attached hydrogens (tertiary/aromatic N) is 4. The van der Waals surface area contributed by atoms with Crippen molar-refractivity contribution in [2.75, 3.05) is 51.2 Å². The summed E-state index contributed by atoms with van der Waals surface area (Å²) < 4.78 is 0. The second-order valence-electron chi connectivity index (χ2n) is 8.24. The summed E-state index contributed by atoms with van der Waals surface area (Å²) in [6.07, 6.45) is 11.4. The lowest BCUT2D eigenvalue weighted by Crippen LogP contribution is -2.46. The van der Waals surface area contributed by atoms with E-state index in [4.69, 9.17) is 10.7 Å². The lowest BCUT2D eigenvalue weighted by Gasteiger charge is -2.37. The van der Waals surface area contributed by atoms with Gasteiger partial charge in [-0.3, -0.25) is 9.88 Å². The van der Waals surface area contributed by atoms with Crippen molar-refractivity contribution in [2.45, 2.75) is 19.8 Å². The molecule has 1 fully saturated rings. The van der Waals surface area contributed by atoms with Crippen LogP contribution in [-0.4, -0.2) is 70.7 Å². The largest absolute Gasteiger partial charge is 0.395 e. The third-order valence-corrected chi connectivity index (χ3v) is 6.78. The molecule has 0 aliphatic carbocycles. The van der Waals surface area contributed by atoms with E-state index in [-0.39, 0.29) is 6.61 Å². The molecule has 1 aliphatic heterocycles. The molecule has 2 aromatic heterocycles. The van der Waals surface area contributed by atoms with E-state index in [1.54, 1.807) is 23.7 Å². The van der Waals surface area contributed by atoms with E-state index in [1.165, 1.54) is 11.3 Å². The zero-order chi connectivity index (χ0) is 24.3. The molecule has 0 radical (unpaired) electrons. The third kappa shape index (κ3) is 7.36. The maximum absolute atomic E-state index is 9.17. The van der Waals surface area contributed by atoms with Gasteiger partial charge < -0.3 is 21.1 Å². The molecular weight excluding hydrogens is 444 g/mol. The molecule has 1 aliphatic rings. The van der Waals surface area contributed by atoms with Crippen LogP contribution in [-0.2, 0) is 0 Å². The highest BCUT2D eigenvalue weighted by atomic mass is 32.1. The minimum Gasteiger partial charge on any atom is -0.395 e. The maximum atomic E-state index is 9.17. The average Bonchev–Trinajstić information content (AvgIpc) is 3.18. The van der Waals surface area contributed by atoms with Crippen molar-refractivity contribution in [3.63, 3.8) is 0 Å². The summed E-state index contributed by atoms with van der Waals surface area (Å²) in [5.74, 6) is 0. The summed E-state index contributed by atoms with van der Waals surface area (Å²) in [5.41, 5.74) is 11.2. The fraction of sp³-hybridized carbons (Fsp3) is 0.385. The predicted octanol–water partition coefficient (Wildman–Crippen LogP) is 3.73. The van der Waals surface area contributed by atoms with E-state index >= 15 is 0 Å². The molecule has 3 rings (SSSR count). The highest BCUT2D eigenvalue weighted by Gasteiger charge is 2.18. The SMILES string of the molecule is C=CC/C(=C\c1sc(NC(=C)/C=C(\CCN)N2CCN(CCO)CC2)nc1C)c1ccncc1. The summed E-state index contributed by atoms with van der Waals surface area (Å²) in [5, 5.41) is 13.4. The number of aryl methyl sites for hydroxylation is 1. The van der Waals surface area contributed by atoms with Crippen LogP contribution in [0.1, 0.15) is 29.0 Å². The Morgan fingerprint density at radius 2 is 2.00 bits per heavy atom. The van der Waals surface area contributed by atoms with Gasteiger partial charge in [0.05, 0.1) is 17.2 Å². The van der Waals surface area contributed by atoms with Crippen molar-refractivity contribution in [2.24, 2.45) is 5.73 Å². The van der Waals surface area contributed by atoms with E-state index in [9.17, 15) is 5.11 Å². The molecule has 0 saturated carbocycles. The van der Waals surface area contributed by atoms with Gasteiger partial charge in [-0.1, -0.05) is 24.0 Å². The van der Waals surface area contributed by atoms with Crippen LogP contribution in [0.15, 0.2) is 61.2 Å². The highest BCUT2D eigenvalue weighted by molar-refractivity contribution is 7.16. The minimum atomic E-state index is 0.203. The Kier molecular flexibility index (Phi) is 10.0. The number of anilines is 1. The topological polar surface area (TPSA) is 90.5 Å². The zero-order valence-electron chi connectivity index (χ0n) is 20.0. The summed E-state index contributed by atoms with van der Waals surface area (Å²) in [7, 11) is 0. The Hall–Kier alpha value is -2.78. The standard InChI is InChI=1S/C26H36N6OS/c1-4-5-23(22-7-10-28-11-8-22)19-25-21(3)30-26(34-25)29-20(2)18-24(6-9-27)32-14-12-31(13-15-32)16-17-33/h4,7-8,10-11,18-19,33H,1-2,5-6,9,12-17,27H2,3H3,(H,29,30)/b23-19+,24-18+. The van der Waals surface area contributed by atoms with Crippen LogP contribution in [0.5, 0.6) is 0 Å². The van der Waals surface area contributed by atoms with Gasteiger partial charge in [-0.2, -0.15) is 0 Å². The van der Waals surface area contributed by atoms with Crippen molar-refractivity contribution in [3.8, 4) is 0 Å². The van der Waals surface area contributed by atoms with Crippen LogP contribution in [0.4, 0.5) is 5.13 Å². The van der Waals surface area contributed by atoms with E-state index in [1.807, 2.05) is 25.1 Å². The van der Waals surface area contributed by atoms with Crippen molar-refractivity contribution >= 4 is 28.1 Å². The molecule has 0 atom stereocenters. The van der Waals surface area contributed by atoms with Gasteiger partial charge in [0.2, 0.25) is 0 Å². The van der Waals surface area contributed by atoms with Crippen LogP contribution in [0, 0.1) is 6.92 Å². The Bertz CT molecular complexity index is 1010. The predicted molar refractivity (Wildman–Crippen MR) is 143 cm³/mol. The zero-order valence-corrected chi connectivity index (χ0v) is 20.9. The summed E-state index contributed by atoms with van der Waals surface area (Å²) in [4.78, 5) is 14.6. The first-order valence-electron chi connectivity index (χ1n) is 11.7. The summed E-state index contributed by atoms with van der Waals surface area (Å²) >= 11 is 1.61. The van der Waals surface area contributed by atoms with Gasteiger partial charge in [0.15, 0.2) is 5.13 Å². The number of piperazine rings is 1. The van der Waals surface area contributed by atoms with Crippen molar-refractivity contribution < 1.29 is 5.11 Å². The van der Waals surface area contributed by atoms with Gasteiger partial charge in [-0.05, 0) is 61.7 Å². The summed E-state index contributed by atoms with van der Waals surface area (Å²) in [6.45, 7) is 15.4. The van der Waals surface area contributed by atoms with Gasteiger partial charge in [-0.15, -0.1) is 6.58 Å². The quantitative estimate of drug-likeness (QED) is 0.315. The monoisotopic (exact) mass is 480 g/mol. The molecule has 8 heteroatoms. The number of pyridine rings is 1. The average molecular weight is 481 g/mol. The Morgan fingerprint density at radius 3 is 2.65 bits per heavy atom. The fourth-order valence-corrected chi connectivity index (χ4v) is 4.95. The Morgan fingerprint density at radius 1 is 1.26 bits per heavy atom. The number of hydrogen-bond donors (Lipinski definition) is 3. The normalized spacial score (nSPS) is 15.4. The molecule has 0 unspecified atom stereocenters. The van der Waals surface area contributed by atoms with Crippen molar-refractivity contribution in [1.29, 1.82) is 0 Å². The number of nitrogens with one attached hydrogen (secondary N) is 1. The molecule has 182 valence electrons. The van der Waals surface area contributed by atoms with Gasteiger partial charge in [0.1, 0.15) is 0 Å². The number of hydrogen-bond acceptors (Lipinski definition) is 8. The van der Waals surface area contributed by atoms with Gasteiger partial charge in [0.25, 0.3) is 0 Å². The lowest BCUT2D eigenvalue weighted by molar-refractivity contribution is 0.130. The molecule has 1 saturated heterocycles. The van der Waals surface area contributed by atoms with Crippen molar-refractivity contribution in [1.82, 2.24) is 19.8 Å². The summed E-state index contributed by atoms with van der Waals surface area (Å²) in [6, 6.07) is 4.03. The van der Waals surface area contributed by atoms with Crippen LogP contribution < -0.4 is 11.1 Å². The molecule has 0 spiro atoms. The molecule has 0 bridgehead atoms. The number of β-amino-alcohol motifs (C(OH)–C–C–N with tert-alkyl or cyclic N) is 1. The number of rotatable bonds is 12. The molecule has 7 nitrogen and oxygen atoms in total. The van der Waals surface area contributed by atoms with Gasteiger partial charge in [-0.25, -0.2) is 4.98 Å². The van der Waals surface area contributed by atoms with E-state index in [0.29, 0.717) is 6.54 Å². The lowest BCUT2D eigenvalue weighted by atomic mass is 10.0. The van der Waals surface area contributed by atoms with E-state index in [2.05, 4.69) is 45.4 Å². The van der Waals surface area contributed by atoms with Crippen molar-refractivity contribution in [3.05, 3.63) is 77.4 Å². The van der Waals surface area contributed by atoms with Crippen LogP contribution in [0.3, 0.4) is 0 Å². The number of aliphatic hydroxyl groups is 1. The number of thiazole rings is 1. The Labute approximate surface area is 207 Å². The van der Waals surface area contributed by atoms with E-state index in [0.717, 1.165) is 72.5 Å². The molecule has 4 N–H and O–H groups in total. The smallest absolute Gasteiger partial charge is 0.187 e. The molecule has 34 heavy (non-hydrogen) atoms. The number of aliphatic hydroxyl groups excluding tert-OH is 1. The minimum absolute atomic E-state index is 0.203. The first kappa shape index (κ1) is 25.8. The molecule has 0 amide bonds. The fourth-order valence-electron chi connectivity index (χ4n) is 3.98. The second-order valence-corrected chi connectivity index (χ2v) is 9.27. The van der Waals surface area contributed by atoms with Gasteiger partial charge >= 0.3 is 0 Å². The van der Waals surface area contributed by atoms with Crippen LogP contribution >= 0.6 is 11.3 Å². The second kappa shape index (κ2) is 13.2. The van der Waals surface area contributed by atoms with E-state index < -0.39 is 0 Å².